The van der Waals surface area contributed by atoms with Crippen molar-refractivity contribution in [2.45, 2.75) is 13.0 Å². The van der Waals surface area contributed by atoms with Gasteiger partial charge in [0.1, 0.15) is 5.82 Å². The van der Waals surface area contributed by atoms with Crippen LogP contribution in [-0.2, 0) is 10.8 Å². The van der Waals surface area contributed by atoms with Crippen LogP contribution in [0.2, 0.25) is 0 Å². The zero-order valence-electron chi connectivity index (χ0n) is 10.4. The molecular formula is C13H16N2O2S. The molecule has 96 valence electrons. The first-order valence-electron chi connectivity index (χ1n) is 5.70. The van der Waals surface area contributed by atoms with Crippen LogP contribution in [0.1, 0.15) is 13.0 Å². The van der Waals surface area contributed by atoms with Crippen molar-refractivity contribution in [2.75, 3.05) is 17.7 Å². The highest BCUT2D eigenvalue weighted by atomic mass is 32.2. The largest absolute Gasteiger partial charge is 0.385 e. The highest BCUT2D eigenvalue weighted by Gasteiger charge is 2.13. The SMILES string of the molecule is CC(CS(C)=O)n1c(N)cc2ccccc2c1=O. The van der Waals surface area contributed by atoms with Gasteiger partial charge in [0, 0.05) is 34.2 Å². The molecule has 2 atom stereocenters. The summed E-state index contributed by atoms with van der Waals surface area (Å²) in [4.78, 5) is 12.4. The predicted molar refractivity (Wildman–Crippen MR) is 76.3 cm³/mol. The van der Waals surface area contributed by atoms with E-state index in [9.17, 15) is 9.00 Å². The van der Waals surface area contributed by atoms with Gasteiger partial charge in [-0.05, 0) is 24.4 Å². The molecule has 2 N–H and O–H groups in total. The summed E-state index contributed by atoms with van der Waals surface area (Å²) >= 11 is 0. The van der Waals surface area contributed by atoms with Crippen LogP contribution in [0.25, 0.3) is 10.8 Å². The molecule has 1 aromatic carbocycles. The zero-order chi connectivity index (χ0) is 13.3. The molecule has 5 heteroatoms. The summed E-state index contributed by atoms with van der Waals surface area (Å²) < 4.78 is 12.8. The Kier molecular flexibility index (Phi) is 3.52. The number of nitrogen functional groups attached to an aromatic ring is 1. The Morgan fingerprint density at radius 2 is 2.06 bits per heavy atom. The third-order valence-electron chi connectivity index (χ3n) is 2.91. The monoisotopic (exact) mass is 264 g/mol. The zero-order valence-corrected chi connectivity index (χ0v) is 11.2. The Bertz CT molecular complexity index is 664. The number of pyridine rings is 1. The number of aromatic nitrogens is 1. The van der Waals surface area contributed by atoms with E-state index in [4.69, 9.17) is 5.73 Å². The van der Waals surface area contributed by atoms with Gasteiger partial charge in [0.25, 0.3) is 5.56 Å². The quantitative estimate of drug-likeness (QED) is 0.914. The Morgan fingerprint density at radius 1 is 1.39 bits per heavy atom. The molecule has 1 heterocycles. The molecule has 0 saturated heterocycles. The first-order valence-corrected chi connectivity index (χ1v) is 7.43. The second-order valence-corrected chi connectivity index (χ2v) is 5.90. The number of nitrogens with zero attached hydrogens (tertiary/aromatic N) is 1. The highest BCUT2D eigenvalue weighted by Crippen LogP contribution is 2.17. The normalized spacial score (nSPS) is 14.6. The first kappa shape index (κ1) is 12.8. The molecule has 18 heavy (non-hydrogen) atoms. The van der Waals surface area contributed by atoms with E-state index in [1.54, 1.807) is 18.4 Å². The van der Waals surface area contributed by atoms with Crippen molar-refractivity contribution in [1.82, 2.24) is 4.57 Å². The molecule has 0 radical (unpaired) electrons. The van der Waals surface area contributed by atoms with Crippen LogP contribution in [0, 0.1) is 0 Å². The summed E-state index contributed by atoms with van der Waals surface area (Å²) in [6.07, 6.45) is 1.62. The van der Waals surface area contributed by atoms with Gasteiger partial charge in [0.15, 0.2) is 0 Å². The Balaban J connectivity index is 2.64. The van der Waals surface area contributed by atoms with Crippen molar-refractivity contribution < 1.29 is 4.21 Å². The van der Waals surface area contributed by atoms with Gasteiger partial charge in [-0.25, -0.2) is 0 Å². The second kappa shape index (κ2) is 4.94. The number of hydrogen-bond acceptors (Lipinski definition) is 3. The van der Waals surface area contributed by atoms with Gasteiger partial charge >= 0.3 is 0 Å². The van der Waals surface area contributed by atoms with E-state index in [0.717, 1.165) is 5.39 Å². The molecule has 2 rings (SSSR count). The van der Waals surface area contributed by atoms with E-state index in [-0.39, 0.29) is 11.6 Å². The topological polar surface area (TPSA) is 65.1 Å². The lowest BCUT2D eigenvalue weighted by atomic mass is 10.1. The van der Waals surface area contributed by atoms with Crippen LogP contribution in [0.4, 0.5) is 5.82 Å². The number of nitrogens with two attached hydrogens (primary N) is 1. The highest BCUT2D eigenvalue weighted by molar-refractivity contribution is 7.84. The number of benzene rings is 1. The smallest absolute Gasteiger partial charge is 0.260 e. The average molecular weight is 264 g/mol. The lowest BCUT2D eigenvalue weighted by Gasteiger charge is -2.17. The molecule has 0 spiro atoms. The molecule has 0 aliphatic rings. The van der Waals surface area contributed by atoms with Crippen LogP contribution in [0.5, 0.6) is 0 Å². The van der Waals surface area contributed by atoms with E-state index in [0.29, 0.717) is 17.0 Å². The molecule has 0 aliphatic heterocycles. The molecule has 0 fully saturated rings. The Labute approximate surface area is 108 Å². The molecule has 0 aliphatic carbocycles. The van der Waals surface area contributed by atoms with Crippen molar-refractivity contribution in [3.05, 3.63) is 40.7 Å². The van der Waals surface area contributed by atoms with Gasteiger partial charge in [-0.3, -0.25) is 13.6 Å². The van der Waals surface area contributed by atoms with Gasteiger partial charge < -0.3 is 5.73 Å². The first-order chi connectivity index (χ1) is 8.50. The lowest BCUT2D eigenvalue weighted by molar-refractivity contribution is 0.589. The van der Waals surface area contributed by atoms with Gasteiger partial charge in [-0.15, -0.1) is 0 Å². The van der Waals surface area contributed by atoms with Crippen molar-refractivity contribution in [1.29, 1.82) is 0 Å². The maximum absolute atomic E-state index is 12.4. The minimum absolute atomic E-state index is 0.122. The van der Waals surface area contributed by atoms with E-state index >= 15 is 0 Å². The molecule has 0 bridgehead atoms. The van der Waals surface area contributed by atoms with Crippen LogP contribution in [0.3, 0.4) is 0 Å². The Morgan fingerprint density at radius 3 is 2.72 bits per heavy atom. The van der Waals surface area contributed by atoms with Gasteiger partial charge in [0.05, 0.1) is 0 Å². The fourth-order valence-corrected chi connectivity index (χ4v) is 2.99. The summed E-state index contributed by atoms with van der Waals surface area (Å²) in [5.41, 5.74) is 5.81. The number of anilines is 1. The summed E-state index contributed by atoms with van der Waals surface area (Å²) in [6, 6.07) is 8.95. The molecule has 0 amide bonds. The fourth-order valence-electron chi connectivity index (χ4n) is 2.16. The third-order valence-corrected chi connectivity index (χ3v) is 3.86. The second-order valence-electron chi connectivity index (χ2n) is 4.42. The van der Waals surface area contributed by atoms with Gasteiger partial charge in [0.2, 0.25) is 0 Å². The maximum atomic E-state index is 12.4. The molecule has 2 unspecified atom stereocenters. The minimum Gasteiger partial charge on any atom is -0.385 e. The lowest BCUT2D eigenvalue weighted by Crippen LogP contribution is -2.28. The average Bonchev–Trinajstić information content (AvgIpc) is 2.27. The maximum Gasteiger partial charge on any atom is 0.260 e. The van der Waals surface area contributed by atoms with Crippen molar-refractivity contribution >= 4 is 27.4 Å². The molecular weight excluding hydrogens is 248 g/mol. The van der Waals surface area contributed by atoms with Crippen LogP contribution >= 0.6 is 0 Å². The molecule has 0 saturated carbocycles. The molecule has 4 nitrogen and oxygen atoms in total. The molecule has 2 aromatic rings. The number of hydrogen-bond donors (Lipinski definition) is 1. The number of rotatable bonds is 3. The standard InChI is InChI=1S/C13H16N2O2S/c1-9(8-18(2)17)15-12(14)7-10-5-3-4-6-11(10)13(15)16/h3-7,9H,8,14H2,1-2H3. The van der Waals surface area contributed by atoms with Crippen molar-refractivity contribution in [3.63, 3.8) is 0 Å². The Hall–Kier alpha value is -1.62. The van der Waals surface area contributed by atoms with Crippen LogP contribution < -0.4 is 11.3 Å². The van der Waals surface area contributed by atoms with E-state index < -0.39 is 10.8 Å². The van der Waals surface area contributed by atoms with Crippen molar-refractivity contribution in [2.24, 2.45) is 0 Å². The summed E-state index contributed by atoms with van der Waals surface area (Å²) in [6.45, 7) is 1.86. The van der Waals surface area contributed by atoms with E-state index in [1.165, 1.54) is 4.57 Å². The summed E-state index contributed by atoms with van der Waals surface area (Å²) in [5.74, 6) is 0.833. The summed E-state index contributed by atoms with van der Waals surface area (Å²) in [5, 5.41) is 1.47. The minimum atomic E-state index is -0.962. The fraction of sp³-hybridized carbons (Fsp3) is 0.308. The number of fused-ring (bicyclic) bond motifs is 1. The third kappa shape index (κ3) is 2.31. The van der Waals surface area contributed by atoms with Crippen LogP contribution in [-0.4, -0.2) is 20.8 Å². The van der Waals surface area contributed by atoms with Crippen molar-refractivity contribution in [3.8, 4) is 0 Å². The van der Waals surface area contributed by atoms with E-state index in [1.807, 2.05) is 25.1 Å². The predicted octanol–water partition coefficient (Wildman–Crippen LogP) is 1.52. The molecule has 1 aromatic heterocycles. The van der Waals surface area contributed by atoms with E-state index in [2.05, 4.69) is 0 Å². The summed E-state index contributed by atoms with van der Waals surface area (Å²) in [7, 11) is -0.962. The van der Waals surface area contributed by atoms with Gasteiger partial charge in [-0.2, -0.15) is 0 Å². The van der Waals surface area contributed by atoms with Gasteiger partial charge in [-0.1, -0.05) is 18.2 Å². The van der Waals surface area contributed by atoms with Crippen LogP contribution in [0.15, 0.2) is 35.1 Å².